The van der Waals surface area contributed by atoms with E-state index < -0.39 is 11.7 Å². The first-order chi connectivity index (χ1) is 15.8. The topological polar surface area (TPSA) is 53.5 Å². The molecular formula is C25H20F3N3O2. The fraction of sp³-hybridized carbons (Fsp3) is 0.240. The van der Waals surface area contributed by atoms with Crippen LogP contribution in [0, 0.1) is 0 Å². The Bertz CT molecular complexity index is 1240. The predicted molar refractivity (Wildman–Crippen MR) is 117 cm³/mol. The molecule has 1 saturated heterocycles. The van der Waals surface area contributed by atoms with Crippen molar-refractivity contribution in [2.75, 3.05) is 31.1 Å². The van der Waals surface area contributed by atoms with E-state index in [1.54, 1.807) is 23.1 Å². The molecule has 0 spiro atoms. The summed E-state index contributed by atoms with van der Waals surface area (Å²) in [5.74, 6) is 0.215. The molecule has 0 atom stereocenters. The van der Waals surface area contributed by atoms with E-state index in [2.05, 4.69) is 4.98 Å². The summed E-state index contributed by atoms with van der Waals surface area (Å²) in [6.07, 6.45) is -2.93. The third-order valence-electron chi connectivity index (χ3n) is 6.16. The van der Waals surface area contributed by atoms with Gasteiger partial charge in [0.15, 0.2) is 5.78 Å². The number of alkyl halides is 3. The minimum atomic E-state index is -4.42. The van der Waals surface area contributed by atoms with Crippen LogP contribution in [-0.2, 0) is 6.18 Å². The van der Waals surface area contributed by atoms with Gasteiger partial charge >= 0.3 is 6.18 Å². The van der Waals surface area contributed by atoms with E-state index in [1.165, 1.54) is 6.07 Å². The summed E-state index contributed by atoms with van der Waals surface area (Å²) in [6.45, 7) is 1.97. The number of ketones is 1. The Morgan fingerprint density at radius 3 is 2.33 bits per heavy atom. The van der Waals surface area contributed by atoms with Crippen LogP contribution in [0.2, 0.25) is 0 Å². The Morgan fingerprint density at radius 1 is 0.848 bits per heavy atom. The molecule has 3 aromatic rings. The highest BCUT2D eigenvalue weighted by molar-refractivity contribution is 6.22. The van der Waals surface area contributed by atoms with E-state index in [0.717, 1.165) is 23.4 Å². The number of hydrogen-bond donors (Lipinski definition) is 0. The van der Waals surface area contributed by atoms with Crippen molar-refractivity contribution in [3.63, 3.8) is 0 Å². The van der Waals surface area contributed by atoms with Gasteiger partial charge in [-0.3, -0.25) is 9.59 Å². The van der Waals surface area contributed by atoms with E-state index in [9.17, 15) is 22.8 Å². The lowest BCUT2D eigenvalue weighted by Crippen LogP contribution is -2.35. The number of aromatic nitrogens is 1. The number of carbonyl (C=O) groups is 2. The van der Waals surface area contributed by atoms with Gasteiger partial charge in [-0.1, -0.05) is 30.3 Å². The number of fused-ring (bicyclic) bond motifs is 3. The maximum atomic E-state index is 13.2. The Kier molecular flexibility index (Phi) is 5.15. The first-order valence-electron chi connectivity index (χ1n) is 10.7. The van der Waals surface area contributed by atoms with Gasteiger partial charge in [0.1, 0.15) is 5.82 Å². The van der Waals surface area contributed by atoms with E-state index in [0.29, 0.717) is 55.1 Å². The first kappa shape index (κ1) is 21.2. The number of rotatable bonds is 2. The molecule has 1 fully saturated rings. The van der Waals surface area contributed by atoms with Crippen LogP contribution in [0.15, 0.2) is 60.8 Å². The van der Waals surface area contributed by atoms with Crippen LogP contribution in [-0.4, -0.2) is 47.8 Å². The molecule has 33 heavy (non-hydrogen) atoms. The Hall–Kier alpha value is -3.68. The number of nitrogens with zero attached hydrogens (tertiary/aromatic N) is 3. The molecule has 1 amide bonds. The van der Waals surface area contributed by atoms with Gasteiger partial charge in [0, 0.05) is 49.1 Å². The average Bonchev–Trinajstić information content (AvgIpc) is 2.96. The van der Waals surface area contributed by atoms with Crippen molar-refractivity contribution in [2.24, 2.45) is 0 Å². The van der Waals surface area contributed by atoms with Gasteiger partial charge in [0.05, 0.1) is 5.56 Å². The van der Waals surface area contributed by atoms with Crippen LogP contribution in [0.3, 0.4) is 0 Å². The Balaban J connectivity index is 1.31. The van der Waals surface area contributed by atoms with Gasteiger partial charge in [0.2, 0.25) is 0 Å². The fourth-order valence-electron chi connectivity index (χ4n) is 4.43. The molecule has 0 radical (unpaired) electrons. The SMILES string of the molecule is O=C1c2ccccc2-c2ccc(C(=O)N3CCCN(c4ccc(C(F)(F)F)cn4)CC3)cc21. The highest BCUT2D eigenvalue weighted by Gasteiger charge is 2.31. The summed E-state index contributed by atoms with van der Waals surface area (Å²) in [5, 5.41) is 0. The zero-order valence-electron chi connectivity index (χ0n) is 17.6. The molecule has 0 N–H and O–H groups in total. The van der Waals surface area contributed by atoms with Gasteiger partial charge in [-0.05, 0) is 41.8 Å². The summed E-state index contributed by atoms with van der Waals surface area (Å²) in [4.78, 5) is 33.5. The number of benzene rings is 2. The van der Waals surface area contributed by atoms with Crippen molar-refractivity contribution in [2.45, 2.75) is 12.6 Å². The second-order valence-corrected chi connectivity index (χ2v) is 8.17. The second-order valence-electron chi connectivity index (χ2n) is 8.17. The van der Waals surface area contributed by atoms with E-state index in [1.807, 2.05) is 29.2 Å². The monoisotopic (exact) mass is 451 g/mol. The molecule has 8 heteroatoms. The summed E-state index contributed by atoms with van der Waals surface area (Å²) in [5.41, 5.74) is 2.56. The average molecular weight is 451 g/mol. The lowest BCUT2D eigenvalue weighted by molar-refractivity contribution is -0.137. The number of carbonyl (C=O) groups excluding carboxylic acids is 2. The number of hydrogen-bond acceptors (Lipinski definition) is 4. The largest absolute Gasteiger partial charge is 0.417 e. The third kappa shape index (κ3) is 3.86. The number of halogens is 3. The molecule has 1 aliphatic carbocycles. The maximum Gasteiger partial charge on any atom is 0.417 e. The molecular weight excluding hydrogens is 431 g/mol. The van der Waals surface area contributed by atoms with Crippen LogP contribution in [0.1, 0.15) is 38.3 Å². The number of anilines is 1. The molecule has 0 saturated carbocycles. The van der Waals surface area contributed by atoms with Crippen molar-refractivity contribution in [1.82, 2.24) is 9.88 Å². The smallest absolute Gasteiger partial charge is 0.355 e. The minimum absolute atomic E-state index is 0.0781. The molecule has 1 aromatic heterocycles. The summed E-state index contributed by atoms with van der Waals surface area (Å²) >= 11 is 0. The third-order valence-corrected chi connectivity index (χ3v) is 6.16. The summed E-state index contributed by atoms with van der Waals surface area (Å²) in [7, 11) is 0. The van der Waals surface area contributed by atoms with Crippen LogP contribution in [0.25, 0.3) is 11.1 Å². The lowest BCUT2D eigenvalue weighted by Gasteiger charge is -2.23. The van der Waals surface area contributed by atoms with Gasteiger partial charge in [-0.15, -0.1) is 0 Å². The van der Waals surface area contributed by atoms with Gasteiger partial charge < -0.3 is 9.80 Å². The van der Waals surface area contributed by atoms with Crippen molar-refractivity contribution in [3.05, 3.63) is 83.0 Å². The molecule has 2 aliphatic rings. The standard InChI is InChI=1S/C25H20F3N3O2/c26-25(27,28)17-7-9-22(29-15-17)30-10-3-11-31(13-12-30)24(33)16-6-8-19-18-4-1-2-5-20(18)23(32)21(19)14-16/h1-2,4-9,14-15H,3,10-13H2. The van der Waals surface area contributed by atoms with Crippen LogP contribution in [0.5, 0.6) is 0 Å². The van der Waals surface area contributed by atoms with Gasteiger partial charge in [-0.2, -0.15) is 13.2 Å². The highest BCUT2D eigenvalue weighted by Crippen LogP contribution is 2.37. The van der Waals surface area contributed by atoms with Gasteiger partial charge in [-0.25, -0.2) is 4.98 Å². The van der Waals surface area contributed by atoms with E-state index in [4.69, 9.17) is 0 Å². The molecule has 0 unspecified atom stereocenters. The van der Waals surface area contributed by atoms with Crippen LogP contribution < -0.4 is 4.90 Å². The number of amides is 1. The predicted octanol–water partition coefficient (Wildman–Crippen LogP) is 4.66. The van der Waals surface area contributed by atoms with E-state index in [-0.39, 0.29) is 11.7 Å². The Morgan fingerprint density at radius 2 is 1.61 bits per heavy atom. The lowest BCUT2D eigenvalue weighted by atomic mass is 10.0. The maximum absolute atomic E-state index is 13.2. The van der Waals surface area contributed by atoms with Crippen LogP contribution >= 0.6 is 0 Å². The molecule has 5 nitrogen and oxygen atoms in total. The van der Waals surface area contributed by atoms with Crippen molar-refractivity contribution in [1.29, 1.82) is 0 Å². The number of pyridine rings is 1. The molecule has 2 aromatic carbocycles. The summed E-state index contributed by atoms with van der Waals surface area (Å²) < 4.78 is 38.4. The van der Waals surface area contributed by atoms with Gasteiger partial charge in [0.25, 0.3) is 5.91 Å². The molecule has 2 heterocycles. The summed E-state index contributed by atoms with van der Waals surface area (Å²) in [6, 6.07) is 15.0. The molecule has 168 valence electrons. The first-order valence-corrected chi connectivity index (χ1v) is 10.7. The second kappa shape index (κ2) is 8.03. The fourth-order valence-corrected chi connectivity index (χ4v) is 4.43. The normalized spacial score (nSPS) is 15.8. The quantitative estimate of drug-likeness (QED) is 0.445. The van der Waals surface area contributed by atoms with Crippen LogP contribution in [0.4, 0.5) is 19.0 Å². The molecule has 5 rings (SSSR count). The Labute approximate surface area is 188 Å². The molecule has 1 aliphatic heterocycles. The highest BCUT2D eigenvalue weighted by atomic mass is 19.4. The minimum Gasteiger partial charge on any atom is -0.355 e. The zero-order valence-corrected chi connectivity index (χ0v) is 17.6. The zero-order chi connectivity index (χ0) is 23.2. The molecule has 0 bridgehead atoms. The van der Waals surface area contributed by atoms with Crippen molar-refractivity contribution < 1.29 is 22.8 Å². The van der Waals surface area contributed by atoms with E-state index >= 15 is 0 Å². The van der Waals surface area contributed by atoms with Crippen molar-refractivity contribution in [3.8, 4) is 11.1 Å². The van der Waals surface area contributed by atoms with Crippen molar-refractivity contribution >= 4 is 17.5 Å².